The molecule has 0 amide bonds. The van der Waals surface area contributed by atoms with Gasteiger partial charge in [-0.1, -0.05) is 41.9 Å². The van der Waals surface area contributed by atoms with Crippen molar-refractivity contribution in [2.45, 2.75) is 17.4 Å². The maximum atomic E-state index is 13.0. The van der Waals surface area contributed by atoms with Crippen LogP contribution in [0.3, 0.4) is 0 Å². The quantitative estimate of drug-likeness (QED) is 0.799. The van der Waals surface area contributed by atoms with Crippen molar-refractivity contribution in [3.8, 4) is 5.75 Å². The minimum atomic E-state index is -3.71. The highest BCUT2D eigenvalue weighted by Crippen LogP contribution is 2.30. The van der Waals surface area contributed by atoms with Gasteiger partial charge in [0.25, 0.3) is 0 Å². The van der Waals surface area contributed by atoms with Gasteiger partial charge in [0.1, 0.15) is 10.6 Å². The van der Waals surface area contributed by atoms with E-state index < -0.39 is 10.0 Å². The van der Waals surface area contributed by atoms with E-state index in [1.165, 1.54) is 17.5 Å². The summed E-state index contributed by atoms with van der Waals surface area (Å²) in [5.74, 6) is 0.288. The predicted octanol–water partition coefficient (Wildman–Crippen LogP) is 2.98. The molecule has 2 aromatic carbocycles. The Kier molecular flexibility index (Phi) is 5.64. The summed E-state index contributed by atoms with van der Waals surface area (Å²) in [5, 5.41) is 0.355. The SMILES string of the molecule is COc1ccc(Cl)cc1S(=O)(=O)N1CCOC(Cc2ccccc2)C1. The number of ether oxygens (including phenoxy) is 2. The van der Waals surface area contributed by atoms with Crippen LogP contribution in [-0.2, 0) is 21.2 Å². The van der Waals surface area contributed by atoms with Crippen LogP contribution in [0.15, 0.2) is 53.4 Å². The van der Waals surface area contributed by atoms with Crippen molar-refractivity contribution in [2.75, 3.05) is 26.8 Å². The number of hydrogen-bond acceptors (Lipinski definition) is 4. The third-order valence-electron chi connectivity index (χ3n) is 4.15. The highest BCUT2D eigenvalue weighted by atomic mass is 35.5. The molecule has 1 heterocycles. The van der Waals surface area contributed by atoms with E-state index in [4.69, 9.17) is 21.1 Å². The number of hydrogen-bond donors (Lipinski definition) is 0. The molecule has 0 aliphatic carbocycles. The van der Waals surface area contributed by atoms with Crippen LogP contribution in [0, 0.1) is 0 Å². The van der Waals surface area contributed by atoms with E-state index in [2.05, 4.69) is 0 Å². The summed E-state index contributed by atoms with van der Waals surface area (Å²) in [5.41, 5.74) is 1.12. The number of sulfonamides is 1. The summed E-state index contributed by atoms with van der Waals surface area (Å²) in [6, 6.07) is 14.5. The van der Waals surface area contributed by atoms with Crippen LogP contribution in [0.5, 0.6) is 5.75 Å². The first kappa shape index (κ1) is 18.2. The lowest BCUT2D eigenvalue weighted by Gasteiger charge is -2.32. The van der Waals surface area contributed by atoms with Gasteiger partial charge in [-0.3, -0.25) is 0 Å². The molecule has 0 aromatic heterocycles. The van der Waals surface area contributed by atoms with Gasteiger partial charge in [-0.25, -0.2) is 8.42 Å². The second kappa shape index (κ2) is 7.74. The number of benzene rings is 2. The average Bonchev–Trinajstić information content (AvgIpc) is 2.63. The fraction of sp³-hybridized carbons (Fsp3) is 0.333. The molecule has 7 heteroatoms. The molecule has 3 rings (SSSR count). The van der Waals surface area contributed by atoms with Crippen LogP contribution < -0.4 is 4.74 Å². The molecule has 5 nitrogen and oxygen atoms in total. The monoisotopic (exact) mass is 381 g/mol. The zero-order chi connectivity index (χ0) is 17.9. The van der Waals surface area contributed by atoms with Crippen LogP contribution in [-0.4, -0.2) is 45.6 Å². The number of methoxy groups -OCH3 is 1. The first-order valence-electron chi connectivity index (χ1n) is 8.00. The molecule has 0 saturated carbocycles. The van der Waals surface area contributed by atoms with Crippen LogP contribution in [0.4, 0.5) is 0 Å². The van der Waals surface area contributed by atoms with Crippen molar-refractivity contribution in [3.63, 3.8) is 0 Å². The molecule has 1 atom stereocenters. The molecule has 1 fully saturated rings. The van der Waals surface area contributed by atoms with E-state index in [1.54, 1.807) is 12.1 Å². The lowest BCUT2D eigenvalue weighted by Crippen LogP contribution is -2.46. The Hall–Kier alpha value is -1.60. The number of nitrogens with zero attached hydrogens (tertiary/aromatic N) is 1. The van der Waals surface area contributed by atoms with Crippen molar-refractivity contribution in [1.29, 1.82) is 0 Å². The molecule has 0 N–H and O–H groups in total. The van der Waals surface area contributed by atoms with Gasteiger partial charge in [0.2, 0.25) is 10.0 Å². The van der Waals surface area contributed by atoms with Crippen LogP contribution in [0.1, 0.15) is 5.56 Å². The molecule has 25 heavy (non-hydrogen) atoms. The maximum absolute atomic E-state index is 13.0. The summed E-state index contributed by atoms with van der Waals surface area (Å²) in [7, 11) is -2.26. The Morgan fingerprint density at radius 1 is 1.24 bits per heavy atom. The van der Waals surface area contributed by atoms with E-state index in [0.717, 1.165) is 5.56 Å². The van der Waals surface area contributed by atoms with E-state index in [-0.39, 0.29) is 16.7 Å². The molecule has 0 radical (unpaired) electrons. The fourth-order valence-electron chi connectivity index (χ4n) is 2.90. The van der Waals surface area contributed by atoms with Crippen LogP contribution in [0.2, 0.25) is 5.02 Å². The Morgan fingerprint density at radius 2 is 2.00 bits per heavy atom. The molecule has 134 valence electrons. The minimum Gasteiger partial charge on any atom is -0.495 e. The number of halogens is 1. The second-order valence-corrected chi connectivity index (χ2v) is 8.18. The average molecular weight is 382 g/mol. The molecular weight excluding hydrogens is 362 g/mol. The lowest BCUT2D eigenvalue weighted by molar-refractivity contribution is -0.000530. The van der Waals surface area contributed by atoms with E-state index >= 15 is 0 Å². The molecule has 1 unspecified atom stereocenters. The third kappa shape index (κ3) is 4.15. The zero-order valence-corrected chi connectivity index (χ0v) is 15.5. The smallest absolute Gasteiger partial charge is 0.246 e. The zero-order valence-electron chi connectivity index (χ0n) is 13.9. The fourth-order valence-corrected chi connectivity index (χ4v) is 4.78. The van der Waals surface area contributed by atoms with Gasteiger partial charge in [-0.2, -0.15) is 4.31 Å². The second-order valence-electron chi connectivity index (χ2n) is 5.84. The highest BCUT2D eigenvalue weighted by Gasteiger charge is 2.33. The maximum Gasteiger partial charge on any atom is 0.246 e. The first-order chi connectivity index (χ1) is 12.0. The Morgan fingerprint density at radius 3 is 2.72 bits per heavy atom. The number of rotatable bonds is 5. The Balaban J connectivity index is 1.81. The van der Waals surface area contributed by atoms with Crippen molar-refractivity contribution in [3.05, 3.63) is 59.1 Å². The summed E-state index contributed by atoms with van der Waals surface area (Å²) in [6.45, 7) is 0.968. The first-order valence-corrected chi connectivity index (χ1v) is 9.82. The van der Waals surface area contributed by atoms with E-state index in [1.807, 2.05) is 30.3 Å². The predicted molar refractivity (Wildman–Crippen MR) is 96.6 cm³/mol. The minimum absolute atomic E-state index is 0.0860. The largest absolute Gasteiger partial charge is 0.495 e. The van der Waals surface area contributed by atoms with Gasteiger partial charge >= 0.3 is 0 Å². The lowest BCUT2D eigenvalue weighted by atomic mass is 10.1. The third-order valence-corrected chi connectivity index (χ3v) is 6.27. The van der Waals surface area contributed by atoms with Gasteiger partial charge in [0, 0.05) is 18.1 Å². The summed E-state index contributed by atoms with van der Waals surface area (Å²) in [4.78, 5) is 0.0860. The van der Waals surface area contributed by atoms with Crippen LogP contribution in [0.25, 0.3) is 0 Å². The number of morpholine rings is 1. The normalized spacial score (nSPS) is 18.9. The molecule has 1 saturated heterocycles. The van der Waals surface area contributed by atoms with E-state index in [9.17, 15) is 8.42 Å². The van der Waals surface area contributed by atoms with Gasteiger partial charge < -0.3 is 9.47 Å². The van der Waals surface area contributed by atoms with Crippen molar-refractivity contribution in [1.82, 2.24) is 4.31 Å². The molecular formula is C18H20ClNO4S. The van der Waals surface area contributed by atoms with Gasteiger partial charge in [-0.05, 0) is 30.2 Å². The topological polar surface area (TPSA) is 55.8 Å². The molecule has 1 aliphatic rings. The van der Waals surface area contributed by atoms with Crippen molar-refractivity contribution >= 4 is 21.6 Å². The summed E-state index contributed by atoms with van der Waals surface area (Å²) >= 11 is 5.99. The van der Waals surface area contributed by atoms with Crippen LogP contribution >= 0.6 is 11.6 Å². The molecule has 0 bridgehead atoms. The Labute approximate surface area is 153 Å². The molecule has 2 aromatic rings. The van der Waals surface area contributed by atoms with Crippen molar-refractivity contribution in [2.24, 2.45) is 0 Å². The van der Waals surface area contributed by atoms with Gasteiger partial charge in [-0.15, -0.1) is 0 Å². The van der Waals surface area contributed by atoms with Gasteiger partial charge in [0.15, 0.2) is 0 Å². The highest BCUT2D eigenvalue weighted by molar-refractivity contribution is 7.89. The van der Waals surface area contributed by atoms with Crippen molar-refractivity contribution < 1.29 is 17.9 Å². The van der Waals surface area contributed by atoms with E-state index in [0.29, 0.717) is 31.1 Å². The molecule has 0 spiro atoms. The summed E-state index contributed by atoms with van der Waals surface area (Å²) < 4.78 is 38.5. The van der Waals surface area contributed by atoms with Gasteiger partial charge in [0.05, 0.1) is 19.8 Å². The standard InChI is InChI=1S/C18H20ClNO4S/c1-23-17-8-7-15(19)12-18(17)25(21,22)20-9-10-24-16(13-20)11-14-5-3-2-4-6-14/h2-8,12,16H,9-11,13H2,1H3. The summed E-state index contributed by atoms with van der Waals surface area (Å²) in [6.07, 6.45) is 0.482. The Bertz CT molecular complexity index is 826. The molecule has 1 aliphatic heterocycles.